The molecule has 0 aliphatic carbocycles. The Morgan fingerprint density at radius 1 is 0.545 bits per heavy atom. The highest BCUT2D eigenvalue weighted by molar-refractivity contribution is 7.73. The molecule has 1 unspecified atom stereocenters. The third-order valence-corrected chi connectivity index (χ3v) is 8.36. The Labute approximate surface area is 194 Å². The summed E-state index contributed by atoms with van der Waals surface area (Å²) in [6.45, 7) is 1.58. The van der Waals surface area contributed by atoms with E-state index in [2.05, 4.69) is 48.5 Å². The predicted octanol–water partition coefficient (Wildman–Crippen LogP) is 5.36. The van der Waals surface area contributed by atoms with Crippen LogP contribution in [0.25, 0.3) is 11.1 Å². The Morgan fingerprint density at radius 3 is 1.79 bits per heavy atom. The van der Waals surface area contributed by atoms with Gasteiger partial charge in [-0.2, -0.15) is 0 Å². The van der Waals surface area contributed by atoms with Gasteiger partial charge >= 0.3 is 0 Å². The number of para-hydroxylation sites is 2. The molecule has 2 aliphatic rings. The lowest BCUT2D eigenvalue weighted by atomic mass is 10.0. The van der Waals surface area contributed by atoms with Crippen LogP contribution in [0.5, 0.6) is 23.0 Å². The van der Waals surface area contributed by atoms with Gasteiger partial charge in [-0.05, 0) is 22.7 Å². The number of rotatable bonds is 4. The topological polar surface area (TPSA) is 36.9 Å². The predicted molar refractivity (Wildman–Crippen MR) is 132 cm³/mol. The molecule has 0 fully saturated rings. The molecule has 1 atom stereocenters. The van der Waals surface area contributed by atoms with Crippen molar-refractivity contribution >= 4 is 18.5 Å². The van der Waals surface area contributed by atoms with Gasteiger partial charge in [0.2, 0.25) is 0 Å². The maximum Gasteiger partial charge on any atom is 0.169 e. The average molecular weight is 454 g/mol. The summed E-state index contributed by atoms with van der Waals surface area (Å²) >= 11 is 0. The lowest BCUT2D eigenvalue weighted by Gasteiger charge is -2.34. The second-order valence-corrected chi connectivity index (χ2v) is 10.2. The summed E-state index contributed by atoms with van der Waals surface area (Å²) in [5, 5.41) is 2.55. The third-order valence-electron chi connectivity index (χ3n) is 5.83. The monoisotopic (exact) mass is 454 g/mol. The lowest BCUT2D eigenvalue weighted by molar-refractivity contribution is 0.147. The first-order chi connectivity index (χ1) is 16.4. The maximum atomic E-state index is 6.64. The second-order valence-electron chi connectivity index (χ2n) is 7.89. The summed E-state index contributed by atoms with van der Waals surface area (Å²) in [5.74, 6) is 2.96. The van der Waals surface area contributed by atoms with E-state index in [0.29, 0.717) is 19.8 Å². The molecule has 2 aliphatic heterocycles. The molecule has 0 aromatic heterocycles. The lowest BCUT2D eigenvalue weighted by Crippen LogP contribution is -2.34. The van der Waals surface area contributed by atoms with Gasteiger partial charge in [-0.25, -0.2) is 0 Å². The van der Waals surface area contributed by atoms with Crippen molar-refractivity contribution < 1.29 is 18.9 Å². The fourth-order valence-electron chi connectivity index (χ4n) is 4.38. The maximum absolute atomic E-state index is 6.64. The zero-order valence-corrected chi connectivity index (χ0v) is 18.9. The van der Waals surface area contributed by atoms with E-state index in [9.17, 15) is 0 Å². The summed E-state index contributed by atoms with van der Waals surface area (Å²) in [5.41, 5.74) is 1.91. The molecule has 5 heteroatoms. The molecular formula is C28H23O4P. The summed E-state index contributed by atoms with van der Waals surface area (Å²) in [6, 6.07) is 33.2. The smallest absolute Gasteiger partial charge is 0.169 e. The molecule has 0 bridgehead atoms. The van der Waals surface area contributed by atoms with Gasteiger partial charge in [-0.1, -0.05) is 84.9 Å². The van der Waals surface area contributed by atoms with Gasteiger partial charge in [0.05, 0.1) is 0 Å². The van der Waals surface area contributed by atoms with E-state index < -0.39 is 7.92 Å². The van der Waals surface area contributed by atoms with Crippen LogP contribution in [0.2, 0.25) is 0 Å². The first kappa shape index (κ1) is 20.1. The van der Waals surface area contributed by atoms with E-state index in [1.165, 1.54) is 10.6 Å². The molecule has 0 radical (unpaired) electrons. The highest BCUT2D eigenvalue weighted by atomic mass is 31.1. The molecule has 0 N–H and O–H groups in total. The standard InChI is InChI=1S/C28H23O4P/c1-3-9-20(10-4-1)33(21-11-5-2-6-12-21)26-19-31-28-23(14-8-16-25(28)32-26)22-13-7-15-24-27(22)30-18-17-29-24/h1-16,26H,17-19H2. The van der Waals surface area contributed by atoms with Crippen LogP contribution in [0.1, 0.15) is 0 Å². The Morgan fingerprint density at radius 2 is 1.12 bits per heavy atom. The molecular weight excluding hydrogens is 431 g/mol. The van der Waals surface area contributed by atoms with Crippen LogP contribution in [-0.4, -0.2) is 25.7 Å². The van der Waals surface area contributed by atoms with Crippen LogP contribution < -0.4 is 29.6 Å². The van der Waals surface area contributed by atoms with Crippen molar-refractivity contribution in [3.63, 3.8) is 0 Å². The van der Waals surface area contributed by atoms with Crippen molar-refractivity contribution in [1.82, 2.24) is 0 Å². The van der Waals surface area contributed by atoms with Crippen molar-refractivity contribution in [2.45, 2.75) is 5.85 Å². The molecule has 2 heterocycles. The Hall–Kier alpha value is -3.49. The van der Waals surface area contributed by atoms with Crippen molar-refractivity contribution in [2.24, 2.45) is 0 Å². The molecule has 0 amide bonds. The Balaban J connectivity index is 1.38. The van der Waals surface area contributed by atoms with Crippen LogP contribution in [0.4, 0.5) is 0 Å². The van der Waals surface area contributed by atoms with Gasteiger partial charge in [0.15, 0.2) is 28.8 Å². The number of fused-ring (bicyclic) bond motifs is 2. The zero-order valence-electron chi connectivity index (χ0n) is 18.0. The summed E-state index contributed by atoms with van der Waals surface area (Å²) < 4.78 is 24.8. The Kier molecular flexibility index (Phi) is 5.37. The van der Waals surface area contributed by atoms with Crippen LogP contribution in [0.3, 0.4) is 0 Å². The molecule has 164 valence electrons. The largest absolute Gasteiger partial charge is 0.486 e. The minimum atomic E-state index is -0.757. The number of hydrogen-bond acceptors (Lipinski definition) is 4. The van der Waals surface area contributed by atoms with Crippen molar-refractivity contribution in [3.8, 4) is 34.1 Å². The fourth-order valence-corrected chi connectivity index (χ4v) is 6.77. The number of ether oxygens (including phenoxy) is 4. The summed E-state index contributed by atoms with van der Waals surface area (Å²) in [4.78, 5) is 0. The molecule has 0 saturated carbocycles. The van der Waals surface area contributed by atoms with Crippen molar-refractivity contribution in [1.29, 1.82) is 0 Å². The SMILES string of the molecule is c1ccc(P(c2ccccc2)C2COc3c(cccc3-c3cccc4c3OCCO4)O2)cc1. The van der Waals surface area contributed by atoms with E-state index in [1.807, 2.05) is 48.5 Å². The minimum absolute atomic E-state index is 0.0863. The normalized spacial score (nSPS) is 16.5. The van der Waals surface area contributed by atoms with Crippen LogP contribution in [0, 0.1) is 0 Å². The van der Waals surface area contributed by atoms with Gasteiger partial charge in [0.25, 0.3) is 0 Å². The third kappa shape index (κ3) is 3.81. The minimum Gasteiger partial charge on any atom is -0.486 e. The quantitative estimate of drug-likeness (QED) is 0.390. The van der Waals surface area contributed by atoms with E-state index >= 15 is 0 Å². The van der Waals surface area contributed by atoms with E-state index in [4.69, 9.17) is 18.9 Å². The highest BCUT2D eigenvalue weighted by Crippen LogP contribution is 2.50. The first-order valence-electron chi connectivity index (χ1n) is 11.1. The van der Waals surface area contributed by atoms with Gasteiger partial charge in [-0.15, -0.1) is 0 Å². The first-order valence-corrected chi connectivity index (χ1v) is 12.5. The van der Waals surface area contributed by atoms with Crippen LogP contribution in [0.15, 0.2) is 97.1 Å². The zero-order chi connectivity index (χ0) is 22.0. The molecule has 33 heavy (non-hydrogen) atoms. The van der Waals surface area contributed by atoms with E-state index in [1.54, 1.807) is 0 Å². The van der Waals surface area contributed by atoms with E-state index in [-0.39, 0.29) is 5.85 Å². The highest BCUT2D eigenvalue weighted by Gasteiger charge is 2.33. The molecule has 4 nitrogen and oxygen atoms in total. The van der Waals surface area contributed by atoms with Gasteiger partial charge in [0, 0.05) is 19.0 Å². The van der Waals surface area contributed by atoms with Crippen LogP contribution >= 0.6 is 7.92 Å². The van der Waals surface area contributed by atoms with E-state index in [0.717, 1.165) is 34.1 Å². The molecule has 0 saturated heterocycles. The Bertz CT molecular complexity index is 1220. The average Bonchev–Trinajstić information content (AvgIpc) is 2.89. The van der Waals surface area contributed by atoms with Gasteiger partial charge in [0.1, 0.15) is 19.8 Å². The van der Waals surface area contributed by atoms with Crippen molar-refractivity contribution in [2.75, 3.05) is 19.8 Å². The van der Waals surface area contributed by atoms with Crippen LogP contribution in [-0.2, 0) is 0 Å². The van der Waals surface area contributed by atoms with Gasteiger partial charge < -0.3 is 18.9 Å². The molecule has 0 spiro atoms. The fraction of sp³-hybridized carbons (Fsp3) is 0.143. The summed E-state index contributed by atoms with van der Waals surface area (Å²) in [7, 11) is -0.757. The second kappa shape index (κ2) is 8.80. The molecule has 4 aromatic carbocycles. The van der Waals surface area contributed by atoms with Gasteiger partial charge in [-0.3, -0.25) is 0 Å². The number of benzene rings is 4. The molecule has 6 rings (SSSR count). The molecule has 4 aromatic rings. The van der Waals surface area contributed by atoms with Crippen molar-refractivity contribution in [3.05, 3.63) is 97.1 Å². The summed E-state index contributed by atoms with van der Waals surface area (Å²) in [6.07, 6.45) is 0. The number of hydrogen-bond donors (Lipinski definition) is 0.